The standard InChI is InChI=1S/C11H14O2.Mo/c12-11(13)9-5-4-8-10-6-2-1-3-7-10;/h1-3,6-7H,4-5,8-9H2,(H,12,13);/q;+1/p-1. The van der Waals surface area contributed by atoms with Crippen LogP contribution in [0.1, 0.15) is 24.8 Å². The van der Waals surface area contributed by atoms with Gasteiger partial charge in [0.2, 0.25) is 0 Å². The van der Waals surface area contributed by atoms with E-state index in [9.17, 15) is 4.79 Å². The Balaban J connectivity index is 2.13. The van der Waals surface area contributed by atoms with Gasteiger partial charge in [0.05, 0.1) is 0 Å². The van der Waals surface area contributed by atoms with Crippen LogP contribution in [0, 0.1) is 0 Å². The second kappa shape index (κ2) is 6.78. The molecular weight excluding hydrogens is 260 g/mol. The van der Waals surface area contributed by atoms with Crippen molar-refractivity contribution in [2.24, 2.45) is 0 Å². The van der Waals surface area contributed by atoms with Gasteiger partial charge < -0.3 is 0 Å². The first-order valence-corrected chi connectivity index (χ1v) is 5.51. The molecule has 0 amide bonds. The van der Waals surface area contributed by atoms with Crippen LogP contribution in [-0.2, 0) is 34.8 Å². The van der Waals surface area contributed by atoms with E-state index in [2.05, 4.69) is 15.5 Å². The number of aryl methyl sites for hydroxylation is 1. The fraction of sp³-hybridized carbons (Fsp3) is 0.364. The van der Waals surface area contributed by atoms with Gasteiger partial charge in [0.25, 0.3) is 0 Å². The summed E-state index contributed by atoms with van der Waals surface area (Å²) in [6.07, 6.45) is 3.52. The zero-order valence-corrected chi connectivity index (χ0v) is 9.95. The van der Waals surface area contributed by atoms with E-state index >= 15 is 0 Å². The van der Waals surface area contributed by atoms with E-state index in [1.807, 2.05) is 18.2 Å². The quantitative estimate of drug-likeness (QED) is 0.608. The zero-order chi connectivity index (χ0) is 10.2. The van der Waals surface area contributed by atoms with Gasteiger partial charge in [-0.05, 0) is 0 Å². The number of hydrogen-bond acceptors (Lipinski definition) is 2. The Kier molecular flexibility index (Phi) is 5.54. The second-order valence-electron chi connectivity index (χ2n) is 3.15. The fourth-order valence-electron chi connectivity index (χ4n) is 1.28. The molecule has 1 rings (SSSR count). The predicted octanol–water partition coefficient (Wildman–Crippen LogP) is 2.40. The number of rotatable bonds is 5. The average molecular weight is 273 g/mol. The molecule has 0 aliphatic heterocycles. The third kappa shape index (κ3) is 4.57. The van der Waals surface area contributed by atoms with Crippen molar-refractivity contribution in [3.63, 3.8) is 0 Å². The zero-order valence-electron chi connectivity index (χ0n) is 7.94. The molecule has 75 valence electrons. The molecule has 14 heavy (non-hydrogen) atoms. The number of unbranched alkanes of at least 4 members (excludes halogenated alkanes) is 1. The Morgan fingerprint density at radius 3 is 2.57 bits per heavy atom. The van der Waals surface area contributed by atoms with Crippen molar-refractivity contribution in [3.05, 3.63) is 35.9 Å². The Labute approximate surface area is 96.0 Å². The average Bonchev–Trinajstić information content (AvgIpc) is 2.25. The van der Waals surface area contributed by atoms with Gasteiger partial charge >= 0.3 is 95.9 Å². The van der Waals surface area contributed by atoms with Crippen molar-refractivity contribution in [2.75, 3.05) is 0 Å². The molecule has 0 atom stereocenters. The molecule has 0 saturated carbocycles. The third-order valence-corrected chi connectivity index (χ3v) is 2.49. The summed E-state index contributed by atoms with van der Waals surface area (Å²) in [6, 6.07) is 10.3. The molecule has 3 heteroatoms. The van der Waals surface area contributed by atoms with Gasteiger partial charge in [-0.15, -0.1) is 0 Å². The van der Waals surface area contributed by atoms with E-state index in [-0.39, 0.29) is 5.97 Å². The fourth-order valence-corrected chi connectivity index (χ4v) is 1.49. The van der Waals surface area contributed by atoms with Crippen LogP contribution in [0.4, 0.5) is 0 Å². The predicted molar refractivity (Wildman–Crippen MR) is 50.1 cm³/mol. The molecule has 0 aliphatic carbocycles. The van der Waals surface area contributed by atoms with Gasteiger partial charge in [-0.2, -0.15) is 0 Å². The number of hydrogen-bond donors (Lipinski definition) is 0. The van der Waals surface area contributed by atoms with Crippen molar-refractivity contribution < 1.29 is 28.4 Å². The molecule has 2 nitrogen and oxygen atoms in total. The summed E-state index contributed by atoms with van der Waals surface area (Å²) < 4.78 is 4.57. The van der Waals surface area contributed by atoms with Crippen LogP contribution in [0.25, 0.3) is 0 Å². The van der Waals surface area contributed by atoms with E-state index in [1.54, 1.807) is 0 Å². The minimum absolute atomic E-state index is 0.108. The van der Waals surface area contributed by atoms with E-state index in [0.717, 1.165) is 19.3 Å². The summed E-state index contributed by atoms with van der Waals surface area (Å²) in [4.78, 5) is 10.8. The van der Waals surface area contributed by atoms with Gasteiger partial charge in [0, 0.05) is 0 Å². The summed E-state index contributed by atoms with van der Waals surface area (Å²) >= 11 is 1.36. The van der Waals surface area contributed by atoms with Gasteiger partial charge in [0.1, 0.15) is 0 Å². The molecular formula is C11H13MoO2. The van der Waals surface area contributed by atoms with E-state index in [1.165, 1.54) is 25.8 Å². The molecule has 0 unspecified atom stereocenters. The van der Waals surface area contributed by atoms with Crippen LogP contribution in [-0.4, -0.2) is 5.97 Å². The summed E-state index contributed by atoms with van der Waals surface area (Å²) in [7, 11) is 0. The monoisotopic (exact) mass is 275 g/mol. The number of benzene rings is 1. The second-order valence-corrected chi connectivity index (χ2v) is 3.56. The molecule has 0 heterocycles. The molecule has 1 aromatic rings. The summed E-state index contributed by atoms with van der Waals surface area (Å²) in [6.45, 7) is 0. The third-order valence-electron chi connectivity index (χ3n) is 2.03. The van der Waals surface area contributed by atoms with Crippen LogP contribution < -0.4 is 0 Å². The van der Waals surface area contributed by atoms with Crippen molar-refractivity contribution >= 4 is 5.97 Å². The first-order valence-electron chi connectivity index (χ1n) is 4.69. The summed E-state index contributed by atoms with van der Waals surface area (Å²) in [5.41, 5.74) is 1.33. The van der Waals surface area contributed by atoms with Crippen molar-refractivity contribution in [1.29, 1.82) is 0 Å². The maximum absolute atomic E-state index is 10.8. The van der Waals surface area contributed by atoms with Crippen LogP contribution in [0.15, 0.2) is 30.3 Å². The van der Waals surface area contributed by atoms with E-state index in [4.69, 9.17) is 0 Å². The Bertz CT molecular complexity index is 272. The van der Waals surface area contributed by atoms with E-state index < -0.39 is 0 Å². The van der Waals surface area contributed by atoms with Crippen LogP contribution >= 0.6 is 0 Å². The van der Waals surface area contributed by atoms with Gasteiger partial charge in [-0.1, -0.05) is 0 Å². The SMILES string of the molecule is O=C(CCCCc1ccccc1)[O][Mo]. The first kappa shape index (κ1) is 11.5. The molecule has 0 saturated heterocycles. The van der Waals surface area contributed by atoms with Gasteiger partial charge in [-0.25, -0.2) is 0 Å². The maximum atomic E-state index is 10.8. The molecule has 0 N–H and O–H groups in total. The molecule has 0 bridgehead atoms. The van der Waals surface area contributed by atoms with Crippen molar-refractivity contribution in [2.45, 2.75) is 25.7 Å². The molecule has 0 radical (unpaired) electrons. The van der Waals surface area contributed by atoms with Crippen molar-refractivity contribution in [1.82, 2.24) is 0 Å². The summed E-state index contributed by atoms with van der Waals surface area (Å²) in [5, 5.41) is 0. The molecule has 0 aliphatic rings. The molecule has 0 spiro atoms. The normalized spacial score (nSPS) is 9.71. The van der Waals surface area contributed by atoms with Crippen LogP contribution in [0.5, 0.6) is 0 Å². The topological polar surface area (TPSA) is 26.3 Å². The van der Waals surface area contributed by atoms with Crippen molar-refractivity contribution in [3.8, 4) is 0 Å². The van der Waals surface area contributed by atoms with E-state index in [0.29, 0.717) is 6.42 Å². The van der Waals surface area contributed by atoms with Crippen LogP contribution in [0.2, 0.25) is 0 Å². The van der Waals surface area contributed by atoms with Gasteiger partial charge in [0.15, 0.2) is 0 Å². The van der Waals surface area contributed by atoms with Gasteiger partial charge in [-0.3, -0.25) is 0 Å². The first-order chi connectivity index (χ1) is 6.83. The Morgan fingerprint density at radius 1 is 1.21 bits per heavy atom. The number of carbonyl (C=O) groups is 1. The minimum atomic E-state index is -0.108. The summed E-state index contributed by atoms with van der Waals surface area (Å²) in [5.74, 6) is -0.108. The van der Waals surface area contributed by atoms with Crippen LogP contribution in [0.3, 0.4) is 0 Å². The molecule has 1 aromatic carbocycles. The Morgan fingerprint density at radius 2 is 1.93 bits per heavy atom. The number of carbonyl (C=O) groups excluding carboxylic acids is 1. The molecule has 0 fully saturated rings. The Hall–Kier alpha value is -0.622. The molecule has 0 aromatic heterocycles.